The molecule has 0 heterocycles. The van der Waals surface area contributed by atoms with Gasteiger partial charge in [-0.2, -0.15) is 6.92 Å². The zero-order valence-corrected chi connectivity index (χ0v) is 22.7. The Morgan fingerprint density at radius 3 is 0.400 bits per heavy atom. The van der Waals surface area contributed by atoms with Gasteiger partial charge in [0.1, 0.15) is 0 Å². The lowest BCUT2D eigenvalue weighted by molar-refractivity contribution is 2.31. The summed E-state index contributed by atoms with van der Waals surface area (Å²) in [6.07, 6.45) is 6.56. The van der Waals surface area contributed by atoms with Crippen LogP contribution in [0.3, 0.4) is 0 Å². The lowest BCUT2D eigenvalue weighted by Crippen LogP contribution is -1.57. The van der Waals surface area contributed by atoms with Crippen LogP contribution in [0.4, 0.5) is 0 Å². The van der Waals surface area contributed by atoms with E-state index in [9.17, 15) is 0 Å². The third-order valence-electron chi connectivity index (χ3n) is 2.65. The summed E-state index contributed by atoms with van der Waals surface area (Å²) in [6, 6.07) is 0. The molecule has 0 aliphatic heterocycles. The quantitative estimate of drug-likeness (QED) is 0.309. The highest BCUT2D eigenvalue weighted by molar-refractivity contribution is 5.50. The van der Waals surface area contributed by atoms with E-state index < -0.39 is 0 Å². The van der Waals surface area contributed by atoms with E-state index in [-0.39, 0.29) is 0 Å². The van der Waals surface area contributed by atoms with Crippen molar-refractivity contribution in [2.45, 2.75) is 0 Å². The molecule has 0 aliphatic carbocycles. The van der Waals surface area contributed by atoms with Crippen molar-refractivity contribution in [3.8, 4) is 255 Å². The molecule has 0 heteroatoms. The highest BCUT2D eigenvalue weighted by Gasteiger charge is 1.61. The van der Waals surface area contributed by atoms with Crippen LogP contribution in [0, 0.1) is 268 Å². The lowest BCUT2D eigenvalue weighted by atomic mass is 10.4. The van der Waals surface area contributed by atoms with Crippen LogP contribution in [-0.4, -0.2) is 0 Å². The molecular weight excluding hydrogens is 540 g/mol. The van der Waals surface area contributed by atoms with E-state index in [0.29, 0.717) is 0 Å². The van der Waals surface area contributed by atoms with Crippen LogP contribution < -0.4 is 0 Å². The van der Waals surface area contributed by atoms with E-state index in [4.69, 9.17) is 6.42 Å². The molecule has 184 valence electrons. The van der Waals surface area contributed by atoms with E-state index in [2.05, 4.69) is 256 Å². The van der Waals surface area contributed by atoms with Crippen molar-refractivity contribution in [3.63, 3.8) is 0 Å². The van der Waals surface area contributed by atoms with Crippen LogP contribution in [0.5, 0.6) is 0 Å². The highest BCUT2D eigenvalue weighted by Crippen LogP contribution is 1.61. The summed E-state index contributed by atoms with van der Waals surface area (Å²) in [5.74, 6) is 106. The van der Waals surface area contributed by atoms with E-state index in [1.807, 2.05) is 5.92 Å². The first-order valence-corrected chi connectivity index (χ1v) is 11.1. The highest BCUT2D eigenvalue weighted by atomic mass is 13.6. The topological polar surface area (TPSA) is 0 Å². The van der Waals surface area contributed by atoms with Crippen molar-refractivity contribution in [2.24, 2.45) is 0 Å². The third kappa shape index (κ3) is 34.2. The Morgan fingerprint density at radius 1 is 0.178 bits per heavy atom. The fourth-order valence-corrected chi connectivity index (χ4v) is 1.29. The molecule has 0 N–H and O–H groups in total. The molecule has 45 heavy (non-hydrogen) atoms. The van der Waals surface area contributed by atoms with Gasteiger partial charge in [-0.05, 0) is 94.7 Å². The monoisotopic (exact) mass is 542 g/mol. The molecule has 0 fully saturated rings. The van der Waals surface area contributed by atoms with Gasteiger partial charge in [0, 0.05) is 124 Å². The first-order valence-electron chi connectivity index (χ1n) is 11.1. The second kappa shape index (κ2) is 34.2. The Bertz CT molecular complexity index is 2660. The minimum atomic E-state index is 1.87. The Morgan fingerprint density at radius 2 is 0.289 bits per heavy atom. The van der Waals surface area contributed by atoms with E-state index in [1.54, 1.807) is 0 Å². The fourth-order valence-electron chi connectivity index (χ4n) is 1.29. The Hall–Kier alpha value is -9.81. The first-order chi connectivity index (χ1) is 22.4. The molecular formula is C45H2-2. The molecule has 0 nitrogen and oxygen atoms in total. The van der Waals surface area contributed by atoms with Gasteiger partial charge in [-0.25, -0.2) is 11.8 Å². The van der Waals surface area contributed by atoms with Crippen molar-refractivity contribution in [1.29, 1.82) is 0 Å². The molecule has 0 aromatic rings. The van der Waals surface area contributed by atoms with Crippen molar-refractivity contribution in [2.75, 3.05) is 0 Å². The minimum Gasteiger partial charge on any atom is -0.358 e. The van der Waals surface area contributed by atoms with Gasteiger partial charge in [-0.15, -0.1) is 11.8 Å². The Balaban J connectivity index is 4.54. The zero-order chi connectivity index (χ0) is 32.4. The van der Waals surface area contributed by atoms with Crippen LogP contribution in [-0.2, 0) is 0 Å². The molecule has 0 aromatic heterocycles. The summed E-state index contributed by atoms with van der Waals surface area (Å²) in [4.78, 5) is 0. The molecule has 0 saturated heterocycles. The van der Waals surface area contributed by atoms with Crippen LogP contribution in [0.15, 0.2) is 0 Å². The summed E-state index contributed by atoms with van der Waals surface area (Å²) >= 11 is 0. The van der Waals surface area contributed by atoms with Gasteiger partial charge in [0.25, 0.3) is 0 Å². The summed E-state index contributed by atoms with van der Waals surface area (Å²) in [5.41, 5.74) is 0. The molecule has 0 rings (SSSR count). The molecule has 0 amide bonds. The number of rotatable bonds is 0. The van der Waals surface area contributed by atoms with Crippen molar-refractivity contribution >= 4 is 0 Å². The maximum absolute atomic E-state index is 6.56. The van der Waals surface area contributed by atoms with Crippen molar-refractivity contribution in [1.82, 2.24) is 0 Å². The third-order valence-corrected chi connectivity index (χ3v) is 2.65. The number of hydrogen-bond acceptors (Lipinski definition) is 0. The average Bonchev–Trinajstić information content (AvgIpc) is 3.05. The molecule has 0 aliphatic rings. The summed E-state index contributed by atoms with van der Waals surface area (Å²) in [7, 11) is 0. The van der Waals surface area contributed by atoms with Gasteiger partial charge >= 0.3 is 0 Å². The molecule has 0 aromatic carbocycles. The van der Waals surface area contributed by atoms with Gasteiger partial charge in [-0.1, -0.05) is 0 Å². The van der Waals surface area contributed by atoms with Gasteiger partial charge in [0.05, 0.1) is 0 Å². The van der Waals surface area contributed by atoms with E-state index >= 15 is 0 Å². The standard InChI is InChI=1S/C45H2/c1-3-5-7-9-11-13-15-17-19-21-23-25-27-29-31-33-35-37-39-41-43-45-44-42-40-38-36-34-32-30-28-26-24-22-20-18-16-14-12-10-8-6-4-2/h1H2/q-2. The van der Waals surface area contributed by atoms with Gasteiger partial charge in [-0.3, -0.25) is 11.8 Å². The molecule has 0 atom stereocenters. The van der Waals surface area contributed by atoms with Crippen molar-refractivity contribution < 1.29 is 0 Å². The Kier molecular flexibility index (Phi) is 26.7. The van der Waals surface area contributed by atoms with Gasteiger partial charge in [0.15, 0.2) is 0 Å². The molecule has 0 bridgehead atoms. The normalized spacial score (nSPS) is 3.89. The maximum Gasteiger partial charge on any atom is 0 e. The van der Waals surface area contributed by atoms with Crippen molar-refractivity contribution in [3.05, 3.63) is 13.3 Å². The fraction of sp³-hybridized carbons (Fsp3) is 0. The maximum atomic E-state index is 6.56. The molecule has 0 spiro atoms. The molecule has 0 saturated carbocycles. The number of hydrogen-bond donors (Lipinski definition) is 0. The lowest BCUT2D eigenvalue weighted by Gasteiger charge is -1.64. The predicted molar refractivity (Wildman–Crippen MR) is 176 cm³/mol. The second-order valence-corrected chi connectivity index (χ2v) is 5.43. The minimum absolute atomic E-state index is 1.87. The van der Waals surface area contributed by atoms with E-state index in [1.165, 1.54) is 0 Å². The predicted octanol–water partition coefficient (Wildman–Crippen LogP) is 0.482. The van der Waals surface area contributed by atoms with Crippen LogP contribution >= 0.6 is 0 Å². The largest absolute Gasteiger partial charge is 0.358 e. The zero-order valence-electron chi connectivity index (χ0n) is 22.7. The second-order valence-electron chi connectivity index (χ2n) is 5.43. The van der Waals surface area contributed by atoms with Crippen LogP contribution in [0.2, 0.25) is 0 Å². The van der Waals surface area contributed by atoms with Gasteiger partial charge < -0.3 is 6.42 Å². The molecule has 0 unspecified atom stereocenters. The van der Waals surface area contributed by atoms with Crippen LogP contribution in [0.25, 0.3) is 0 Å². The SMILES string of the molecule is [C-]#CC#CC#CC#CC#CC#CC#CC#CC#CC#CC#CC#CC#CC#CC#CC#CC#CC#CC#CC#CC#CC#C[CH2-]. The summed E-state index contributed by atoms with van der Waals surface area (Å²) < 4.78 is 0. The summed E-state index contributed by atoms with van der Waals surface area (Å²) in [5, 5.41) is 0. The smallest absolute Gasteiger partial charge is 0 e. The van der Waals surface area contributed by atoms with E-state index in [0.717, 1.165) is 0 Å². The van der Waals surface area contributed by atoms with Gasteiger partial charge in [0.2, 0.25) is 0 Å². The average molecular weight is 543 g/mol. The first kappa shape index (κ1) is 35.2. The Labute approximate surface area is 267 Å². The summed E-state index contributed by atoms with van der Waals surface area (Å²) in [6.45, 7) is 3.31. The van der Waals surface area contributed by atoms with Crippen LogP contribution in [0.1, 0.15) is 0 Å². The molecule has 0 radical (unpaired) electrons.